The number of nitrogens with two attached hydrogens (primary N) is 1. The van der Waals surface area contributed by atoms with Crippen molar-refractivity contribution in [3.05, 3.63) is 0 Å². The molecular weight excluding hydrogens is 209 g/mol. The third-order valence-corrected chi connectivity index (χ3v) is 1.94. The number of hydrogen-bond acceptors (Lipinski definition) is 3. The molecule has 0 heterocycles. The smallest absolute Gasteiger partial charge is 0.371 e. The number of halogens is 3. The summed E-state index contributed by atoms with van der Waals surface area (Å²) in [7, 11) is 0. The van der Waals surface area contributed by atoms with Crippen molar-refractivity contribution in [1.29, 1.82) is 0 Å². The van der Waals surface area contributed by atoms with Crippen LogP contribution in [0.25, 0.3) is 0 Å². The topological polar surface area (TPSA) is 38.5 Å². The van der Waals surface area contributed by atoms with Crippen LogP contribution in [-0.2, 0) is 4.74 Å². The number of hydrogen-bond donors (Lipinski definition) is 1. The molecule has 3 nitrogen and oxygen atoms in total. The van der Waals surface area contributed by atoms with Crippen LogP contribution >= 0.6 is 0 Å². The monoisotopic (exact) mass is 228 g/mol. The second-order valence-corrected chi connectivity index (χ2v) is 3.24. The number of likely N-dealkylation sites (N-methyl/N-ethyl adjacent to an activating group) is 1. The van der Waals surface area contributed by atoms with Crippen LogP contribution < -0.4 is 5.73 Å². The van der Waals surface area contributed by atoms with E-state index in [0.717, 1.165) is 19.5 Å². The van der Waals surface area contributed by atoms with E-state index in [4.69, 9.17) is 5.73 Å². The normalized spacial score (nSPS) is 12.4. The highest BCUT2D eigenvalue weighted by atomic mass is 19.4. The van der Waals surface area contributed by atoms with Crippen molar-refractivity contribution in [2.45, 2.75) is 19.5 Å². The van der Waals surface area contributed by atoms with Gasteiger partial charge in [-0.15, -0.1) is 0 Å². The van der Waals surface area contributed by atoms with Gasteiger partial charge >= 0.3 is 6.18 Å². The lowest BCUT2D eigenvalue weighted by molar-refractivity contribution is -0.174. The maximum Gasteiger partial charge on any atom is 0.411 e. The lowest BCUT2D eigenvalue weighted by Gasteiger charge is -2.19. The number of rotatable bonds is 8. The Morgan fingerprint density at radius 1 is 1.27 bits per heavy atom. The number of ether oxygens (including phenoxy) is 1. The first-order valence-electron chi connectivity index (χ1n) is 5.06. The third kappa shape index (κ3) is 9.96. The summed E-state index contributed by atoms with van der Waals surface area (Å²) in [6.07, 6.45) is -3.37. The summed E-state index contributed by atoms with van der Waals surface area (Å²) in [5.41, 5.74) is 5.34. The van der Waals surface area contributed by atoms with E-state index in [0.29, 0.717) is 13.1 Å². The molecule has 0 radical (unpaired) electrons. The maximum absolute atomic E-state index is 11.7. The van der Waals surface area contributed by atoms with E-state index in [2.05, 4.69) is 4.74 Å². The predicted octanol–water partition coefficient (Wildman–Crippen LogP) is 1.24. The first-order chi connectivity index (χ1) is 6.99. The van der Waals surface area contributed by atoms with Crippen LogP contribution in [0.1, 0.15) is 13.3 Å². The summed E-state index contributed by atoms with van der Waals surface area (Å²) in [4.78, 5) is 2.02. The predicted molar refractivity (Wildman–Crippen MR) is 52.7 cm³/mol. The summed E-state index contributed by atoms with van der Waals surface area (Å²) in [5.74, 6) is 0. The van der Waals surface area contributed by atoms with Gasteiger partial charge < -0.3 is 15.4 Å². The minimum Gasteiger partial charge on any atom is -0.371 e. The average molecular weight is 228 g/mol. The average Bonchev–Trinajstić information content (AvgIpc) is 2.15. The van der Waals surface area contributed by atoms with Crippen molar-refractivity contribution in [1.82, 2.24) is 4.90 Å². The Bertz CT molecular complexity index is 153. The second-order valence-electron chi connectivity index (χ2n) is 3.24. The van der Waals surface area contributed by atoms with E-state index >= 15 is 0 Å². The first kappa shape index (κ1) is 14.7. The molecule has 0 aromatic rings. The largest absolute Gasteiger partial charge is 0.411 e. The van der Waals surface area contributed by atoms with Gasteiger partial charge in [-0.3, -0.25) is 0 Å². The van der Waals surface area contributed by atoms with Crippen LogP contribution in [0.2, 0.25) is 0 Å². The summed E-state index contributed by atoms with van der Waals surface area (Å²) < 4.78 is 39.6. The molecule has 0 bridgehead atoms. The van der Waals surface area contributed by atoms with Crippen molar-refractivity contribution in [2.75, 3.05) is 39.4 Å². The van der Waals surface area contributed by atoms with Crippen LogP contribution in [0.15, 0.2) is 0 Å². The highest BCUT2D eigenvalue weighted by molar-refractivity contribution is 4.55. The fraction of sp³-hybridized carbons (Fsp3) is 1.00. The Hall–Kier alpha value is -0.330. The van der Waals surface area contributed by atoms with E-state index in [-0.39, 0.29) is 6.61 Å². The minimum absolute atomic E-state index is 0.109. The Morgan fingerprint density at radius 2 is 1.93 bits per heavy atom. The third-order valence-electron chi connectivity index (χ3n) is 1.94. The fourth-order valence-corrected chi connectivity index (χ4v) is 1.12. The van der Waals surface area contributed by atoms with Gasteiger partial charge in [-0.25, -0.2) is 0 Å². The maximum atomic E-state index is 11.7. The molecule has 0 aromatic carbocycles. The van der Waals surface area contributed by atoms with E-state index in [9.17, 15) is 13.2 Å². The van der Waals surface area contributed by atoms with Crippen molar-refractivity contribution in [3.8, 4) is 0 Å². The second kappa shape index (κ2) is 7.90. The van der Waals surface area contributed by atoms with E-state index in [1.807, 2.05) is 11.8 Å². The number of nitrogens with zero attached hydrogens (tertiary/aromatic N) is 1. The number of alkyl halides is 3. The molecule has 15 heavy (non-hydrogen) atoms. The van der Waals surface area contributed by atoms with E-state index in [1.165, 1.54) is 0 Å². The molecule has 92 valence electrons. The SMILES string of the molecule is CCN(CCCN)CCOCC(F)(F)F. The molecule has 0 aliphatic heterocycles. The van der Waals surface area contributed by atoms with Crippen LogP contribution in [0.4, 0.5) is 13.2 Å². The van der Waals surface area contributed by atoms with Gasteiger partial charge in [-0.1, -0.05) is 6.92 Å². The van der Waals surface area contributed by atoms with Gasteiger partial charge in [0.15, 0.2) is 0 Å². The van der Waals surface area contributed by atoms with Gasteiger partial charge in [-0.05, 0) is 26.1 Å². The van der Waals surface area contributed by atoms with E-state index < -0.39 is 12.8 Å². The molecule has 0 spiro atoms. The van der Waals surface area contributed by atoms with Gasteiger partial charge in [0.25, 0.3) is 0 Å². The fourth-order valence-electron chi connectivity index (χ4n) is 1.12. The van der Waals surface area contributed by atoms with E-state index in [1.54, 1.807) is 0 Å². The van der Waals surface area contributed by atoms with Crippen molar-refractivity contribution in [3.63, 3.8) is 0 Å². The minimum atomic E-state index is -4.23. The van der Waals surface area contributed by atoms with Crippen LogP contribution in [-0.4, -0.2) is 50.5 Å². The zero-order chi connectivity index (χ0) is 11.7. The molecule has 0 saturated heterocycles. The highest BCUT2D eigenvalue weighted by Crippen LogP contribution is 2.14. The van der Waals surface area contributed by atoms with Gasteiger partial charge in [0.2, 0.25) is 0 Å². The molecule has 6 heteroatoms. The molecule has 0 atom stereocenters. The molecule has 0 aliphatic rings. The van der Waals surface area contributed by atoms with Crippen LogP contribution in [0.5, 0.6) is 0 Å². The molecule has 0 fully saturated rings. The zero-order valence-corrected chi connectivity index (χ0v) is 9.02. The van der Waals surface area contributed by atoms with Crippen molar-refractivity contribution in [2.24, 2.45) is 5.73 Å². The molecule has 0 rings (SSSR count). The Balaban J connectivity index is 3.46. The van der Waals surface area contributed by atoms with Crippen molar-refractivity contribution >= 4 is 0 Å². The molecular formula is C9H19F3N2O. The van der Waals surface area contributed by atoms with Gasteiger partial charge in [0.1, 0.15) is 6.61 Å². The first-order valence-corrected chi connectivity index (χ1v) is 5.06. The van der Waals surface area contributed by atoms with Gasteiger partial charge in [0.05, 0.1) is 6.61 Å². The Kier molecular flexibility index (Phi) is 7.72. The lowest BCUT2D eigenvalue weighted by atomic mass is 10.4. The standard InChI is InChI=1S/C9H19F3N2O/c1-2-14(5-3-4-13)6-7-15-8-9(10,11)12/h2-8,13H2,1H3. The summed E-state index contributed by atoms with van der Waals surface area (Å²) in [6.45, 7) is 3.63. The van der Waals surface area contributed by atoms with Gasteiger partial charge in [0, 0.05) is 6.54 Å². The summed E-state index contributed by atoms with van der Waals surface area (Å²) in [5, 5.41) is 0. The molecule has 0 saturated carbocycles. The highest BCUT2D eigenvalue weighted by Gasteiger charge is 2.27. The molecule has 2 N–H and O–H groups in total. The summed E-state index contributed by atoms with van der Waals surface area (Å²) in [6, 6.07) is 0. The van der Waals surface area contributed by atoms with Gasteiger partial charge in [-0.2, -0.15) is 13.2 Å². The molecule has 0 unspecified atom stereocenters. The van der Waals surface area contributed by atoms with Crippen LogP contribution in [0, 0.1) is 0 Å². The molecule has 0 aromatic heterocycles. The summed E-state index contributed by atoms with van der Waals surface area (Å²) >= 11 is 0. The molecule has 0 aliphatic carbocycles. The zero-order valence-electron chi connectivity index (χ0n) is 9.02. The Morgan fingerprint density at radius 3 is 2.40 bits per heavy atom. The Labute approximate surface area is 88.4 Å². The van der Waals surface area contributed by atoms with Crippen LogP contribution in [0.3, 0.4) is 0 Å². The van der Waals surface area contributed by atoms with Crippen molar-refractivity contribution < 1.29 is 17.9 Å². The quantitative estimate of drug-likeness (QED) is 0.635. The lowest BCUT2D eigenvalue weighted by Crippen LogP contribution is -2.30. The molecule has 0 amide bonds.